The van der Waals surface area contributed by atoms with Gasteiger partial charge in [-0.3, -0.25) is 9.59 Å². The summed E-state index contributed by atoms with van der Waals surface area (Å²) in [6, 6.07) is 18.2. The summed E-state index contributed by atoms with van der Waals surface area (Å²) in [7, 11) is 1.63. The van der Waals surface area contributed by atoms with Crippen molar-refractivity contribution in [1.82, 2.24) is 9.66 Å². The van der Waals surface area contributed by atoms with Crippen molar-refractivity contribution in [2.45, 2.75) is 33.6 Å². The quantitative estimate of drug-likeness (QED) is 0.137. The maximum atomic E-state index is 13.9. The molecule has 0 bridgehead atoms. The van der Waals surface area contributed by atoms with Crippen LogP contribution in [0.25, 0.3) is 22.3 Å². The fourth-order valence-corrected chi connectivity index (χ4v) is 5.74. The smallest absolute Gasteiger partial charge is 0.282 e. The summed E-state index contributed by atoms with van der Waals surface area (Å²) in [5.74, 6) is 0.621. The third-order valence-electron chi connectivity index (χ3n) is 7.42. The van der Waals surface area contributed by atoms with Crippen LogP contribution in [-0.2, 0) is 4.79 Å². The maximum Gasteiger partial charge on any atom is 0.282 e. The van der Waals surface area contributed by atoms with Gasteiger partial charge in [-0.25, -0.2) is 9.37 Å². The number of halogens is 3. The molecule has 12 heteroatoms. The number of carbonyl (C=O) groups excluding carboxylic acids is 1. The van der Waals surface area contributed by atoms with Gasteiger partial charge in [-0.1, -0.05) is 43.6 Å². The van der Waals surface area contributed by atoms with Crippen molar-refractivity contribution < 1.29 is 23.4 Å². The Labute approximate surface area is 290 Å². The lowest BCUT2D eigenvalue weighted by Crippen LogP contribution is -2.21. The number of carbonyl (C=O) groups is 1. The Hall–Kier alpha value is -4.74. The molecule has 0 unspecified atom stereocenters. The predicted octanol–water partition coefficient (Wildman–Crippen LogP) is 8.36. The number of aryl methyl sites for hydroxylation is 1. The first-order valence-corrected chi connectivity index (χ1v) is 16.3. The van der Waals surface area contributed by atoms with Crippen LogP contribution in [-0.4, -0.2) is 42.1 Å². The van der Waals surface area contributed by atoms with Crippen LogP contribution in [0.2, 0.25) is 5.02 Å². The number of aromatic nitrogens is 2. The van der Waals surface area contributed by atoms with Gasteiger partial charge in [-0.15, -0.1) is 0 Å². The molecule has 0 radical (unpaired) electrons. The summed E-state index contributed by atoms with van der Waals surface area (Å²) in [4.78, 5) is 31.4. The number of nitrogens with one attached hydrogen (secondary N) is 1. The van der Waals surface area contributed by atoms with Crippen LogP contribution in [0.1, 0.15) is 43.4 Å². The number of benzene rings is 4. The number of fused-ring (bicyclic) bond motifs is 1. The number of methoxy groups -OCH3 is 1. The van der Waals surface area contributed by atoms with Gasteiger partial charge < -0.3 is 19.5 Å². The van der Waals surface area contributed by atoms with E-state index in [4.69, 9.17) is 30.8 Å². The number of para-hydroxylation sites is 1. The fourth-order valence-electron chi connectivity index (χ4n) is 5.09. The Bertz CT molecular complexity index is 2100. The summed E-state index contributed by atoms with van der Waals surface area (Å²) in [6.07, 6.45) is 1.47. The molecule has 0 aliphatic heterocycles. The molecule has 1 N–H and O–H groups in total. The van der Waals surface area contributed by atoms with Gasteiger partial charge in [0.05, 0.1) is 30.8 Å². The second-order valence-corrected chi connectivity index (χ2v) is 12.3. The number of amides is 1. The fraction of sp³-hybridized carbons (Fsp3) is 0.222. The van der Waals surface area contributed by atoms with Crippen molar-refractivity contribution in [1.29, 1.82) is 0 Å². The standard InChI is InChI=1S/C36H33BrClFN4O5/c1-6-47-30-15-22(32(37)33(38)34(30)48-19-31(44)41-24-11-9-10-23(39)16-24)18-40-43-35(42-28-13-8-7-12-25(28)36(43)45)27-17-26(20(2)3)29(46-5)14-21(27)4/h7-18,20H,6,19H2,1-5H3,(H,41,44). The Kier molecular flexibility index (Phi) is 10.8. The molecule has 5 aromatic rings. The first-order chi connectivity index (χ1) is 23.0. The van der Waals surface area contributed by atoms with E-state index in [-0.39, 0.29) is 40.3 Å². The zero-order valence-corrected chi connectivity index (χ0v) is 29.3. The molecule has 248 valence electrons. The van der Waals surface area contributed by atoms with Crippen molar-refractivity contribution in [2.75, 3.05) is 25.6 Å². The van der Waals surface area contributed by atoms with Gasteiger partial charge in [-0.05, 0) is 95.4 Å². The van der Waals surface area contributed by atoms with Crippen molar-refractivity contribution in [3.05, 3.63) is 109 Å². The summed E-state index contributed by atoms with van der Waals surface area (Å²) in [5.41, 5.74) is 3.49. The van der Waals surface area contributed by atoms with E-state index in [9.17, 15) is 14.0 Å². The number of hydrogen-bond donors (Lipinski definition) is 1. The minimum atomic E-state index is -0.522. The number of nitrogens with zero attached hydrogens (tertiary/aromatic N) is 3. The molecule has 1 heterocycles. The largest absolute Gasteiger partial charge is 0.496 e. The molecule has 4 aromatic carbocycles. The highest BCUT2D eigenvalue weighted by molar-refractivity contribution is 9.10. The van der Waals surface area contributed by atoms with Crippen LogP contribution in [0.5, 0.6) is 17.2 Å². The van der Waals surface area contributed by atoms with E-state index in [2.05, 4.69) is 40.2 Å². The zero-order valence-electron chi connectivity index (χ0n) is 26.9. The summed E-state index contributed by atoms with van der Waals surface area (Å²) >= 11 is 10.2. The van der Waals surface area contributed by atoms with Gasteiger partial charge >= 0.3 is 0 Å². The topological polar surface area (TPSA) is 104 Å². The van der Waals surface area contributed by atoms with Gasteiger partial charge in [0.1, 0.15) is 16.6 Å². The number of rotatable bonds is 11. The zero-order chi connectivity index (χ0) is 34.5. The first-order valence-electron chi connectivity index (χ1n) is 15.1. The number of hydrogen-bond acceptors (Lipinski definition) is 7. The highest BCUT2D eigenvalue weighted by Gasteiger charge is 2.21. The van der Waals surface area contributed by atoms with Crippen molar-refractivity contribution in [3.63, 3.8) is 0 Å². The number of ether oxygens (including phenoxy) is 3. The second-order valence-electron chi connectivity index (χ2n) is 11.1. The molecule has 1 amide bonds. The lowest BCUT2D eigenvalue weighted by Gasteiger charge is -2.18. The maximum absolute atomic E-state index is 13.9. The monoisotopic (exact) mass is 734 g/mol. The van der Waals surface area contributed by atoms with E-state index in [1.165, 1.54) is 29.1 Å². The van der Waals surface area contributed by atoms with Crippen LogP contribution in [0, 0.1) is 12.7 Å². The molecule has 0 aliphatic rings. The first kappa shape index (κ1) is 34.6. The van der Waals surface area contributed by atoms with Crippen LogP contribution < -0.4 is 25.1 Å². The lowest BCUT2D eigenvalue weighted by atomic mass is 9.96. The Morgan fingerprint density at radius 3 is 2.58 bits per heavy atom. The van der Waals surface area contributed by atoms with E-state index < -0.39 is 18.3 Å². The average molecular weight is 736 g/mol. The molecule has 0 aliphatic carbocycles. The summed E-state index contributed by atoms with van der Waals surface area (Å²) in [5, 5.41) is 7.73. The highest BCUT2D eigenvalue weighted by atomic mass is 79.9. The molecule has 0 fully saturated rings. The van der Waals surface area contributed by atoms with E-state index in [0.717, 1.165) is 22.4 Å². The third kappa shape index (κ3) is 7.37. The Morgan fingerprint density at radius 1 is 1.10 bits per heavy atom. The van der Waals surface area contributed by atoms with E-state index >= 15 is 0 Å². The molecule has 0 atom stereocenters. The van der Waals surface area contributed by atoms with Gasteiger partial charge in [0.25, 0.3) is 11.5 Å². The summed E-state index contributed by atoms with van der Waals surface area (Å²) < 4.78 is 32.4. The van der Waals surface area contributed by atoms with Gasteiger partial charge in [0, 0.05) is 21.3 Å². The van der Waals surface area contributed by atoms with Crippen molar-refractivity contribution in [3.8, 4) is 28.6 Å². The SMILES string of the molecule is CCOc1cc(C=Nn2c(-c3cc(C(C)C)c(OC)cc3C)nc3ccccc3c2=O)c(Br)c(Cl)c1OCC(=O)Nc1cccc(F)c1. The molecule has 0 spiro atoms. The van der Waals surface area contributed by atoms with Gasteiger partial charge in [0.15, 0.2) is 23.9 Å². The minimum Gasteiger partial charge on any atom is -0.496 e. The summed E-state index contributed by atoms with van der Waals surface area (Å²) in [6.45, 7) is 7.71. The lowest BCUT2D eigenvalue weighted by molar-refractivity contribution is -0.118. The number of anilines is 1. The molecular weight excluding hydrogens is 703 g/mol. The van der Waals surface area contributed by atoms with Crippen LogP contribution >= 0.6 is 27.5 Å². The second kappa shape index (κ2) is 15.0. The van der Waals surface area contributed by atoms with Gasteiger partial charge in [-0.2, -0.15) is 9.78 Å². The molecule has 1 aromatic heterocycles. The average Bonchev–Trinajstić information content (AvgIpc) is 3.06. The molecule has 48 heavy (non-hydrogen) atoms. The third-order valence-corrected chi connectivity index (χ3v) is 8.86. The van der Waals surface area contributed by atoms with Crippen LogP contribution in [0.15, 0.2) is 81.1 Å². The van der Waals surface area contributed by atoms with E-state index in [1.807, 2.05) is 25.1 Å². The Balaban J connectivity index is 1.56. The van der Waals surface area contributed by atoms with Crippen LogP contribution in [0.3, 0.4) is 0 Å². The van der Waals surface area contributed by atoms with E-state index in [0.29, 0.717) is 26.8 Å². The molecule has 9 nitrogen and oxygen atoms in total. The normalized spacial score (nSPS) is 11.4. The van der Waals surface area contributed by atoms with Crippen molar-refractivity contribution in [2.24, 2.45) is 5.10 Å². The highest BCUT2D eigenvalue weighted by Crippen LogP contribution is 2.42. The predicted molar refractivity (Wildman–Crippen MR) is 191 cm³/mol. The van der Waals surface area contributed by atoms with Crippen molar-refractivity contribution >= 4 is 56.2 Å². The minimum absolute atomic E-state index is 0.122. The molecule has 5 rings (SSSR count). The molecule has 0 saturated heterocycles. The Morgan fingerprint density at radius 2 is 1.88 bits per heavy atom. The van der Waals surface area contributed by atoms with E-state index in [1.54, 1.807) is 44.4 Å². The van der Waals surface area contributed by atoms with Crippen LogP contribution in [0.4, 0.5) is 10.1 Å². The molecule has 0 saturated carbocycles. The molecular formula is C36H33BrClFN4O5. The van der Waals surface area contributed by atoms with Gasteiger partial charge in [0.2, 0.25) is 0 Å².